The quantitative estimate of drug-likeness (QED) is 0.274. The summed E-state index contributed by atoms with van der Waals surface area (Å²) >= 11 is 6.71. The van der Waals surface area contributed by atoms with Gasteiger partial charge in [0.1, 0.15) is 0 Å². The van der Waals surface area contributed by atoms with Crippen LogP contribution >= 0.6 is 11.8 Å². The summed E-state index contributed by atoms with van der Waals surface area (Å²) < 4.78 is 1.75. The highest BCUT2D eigenvalue weighted by Gasteiger charge is 2.38. The molecular formula is C20H40ClN3. The first-order valence-electron chi connectivity index (χ1n) is 9.69. The van der Waals surface area contributed by atoms with Crippen LogP contribution in [0.15, 0.2) is 5.10 Å². The van der Waals surface area contributed by atoms with Crippen LogP contribution in [-0.2, 0) is 0 Å². The Hall–Kier alpha value is -0.280. The van der Waals surface area contributed by atoms with E-state index in [-0.39, 0.29) is 16.4 Å². The van der Waals surface area contributed by atoms with Gasteiger partial charge < -0.3 is 5.32 Å². The minimum atomic E-state index is -0.0494. The SMILES string of the molecule is CCCCNC1CCC(C)(N(Cl)N=C(C(C)(C)C)C(C)(C)C)CC1. The van der Waals surface area contributed by atoms with Crippen LogP contribution in [0.3, 0.4) is 0 Å². The molecule has 0 heterocycles. The molecule has 0 atom stereocenters. The Labute approximate surface area is 155 Å². The zero-order valence-corrected chi connectivity index (χ0v) is 18.1. The molecular weight excluding hydrogens is 318 g/mol. The molecule has 0 radical (unpaired) electrons. The van der Waals surface area contributed by atoms with Gasteiger partial charge in [0, 0.05) is 28.6 Å². The molecule has 0 aromatic carbocycles. The number of unbranched alkanes of at least 4 members (excludes halogenated alkanes) is 1. The second-order valence-electron chi connectivity index (χ2n) is 9.79. The maximum atomic E-state index is 6.71. The molecule has 1 saturated carbocycles. The Morgan fingerprint density at radius 2 is 1.62 bits per heavy atom. The Balaban J connectivity index is 2.76. The average molecular weight is 358 g/mol. The van der Waals surface area contributed by atoms with Crippen molar-refractivity contribution in [1.29, 1.82) is 0 Å². The summed E-state index contributed by atoms with van der Waals surface area (Å²) in [7, 11) is 0. The molecule has 0 bridgehead atoms. The van der Waals surface area contributed by atoms with Gasteiger partial charge in [0.05, 0.1) is 11.3 Å². The van der Waals surface area contributed by atoms with Crippen LogP contribution in [-0.4, -0.2) is 28.4 Å². The molecule has 24 heavy (non-hydrogen) atoms. The Bertz CT molecular complexity index is 394. The molecule has 0 aromatic heterocycles. The highest BCUT2D eigenvalue weighted by atomic mass is 35.5. The molecule has 0 aliphatic heterocycles. The number of nitrogens with one attached hydrogen (secondary N) is 1. The molecule has 0 aromatic rings. The molecule has 1 N–H and O–H groups in total. The normalized spacial score (nSPS) is 25.5. The smallest absolute Gasteiger partial charge is 0.0729 e. The predicted molar refractivity (Wildman–Crippen MR) is 108 cm³/mol. The van der Waals surface area contributed by atoms with Gasteiger partial charge in [-0.05, 0) is 45.6 Å². The Kier molecular flexibility index (Phi) is 7.62. The summed E-state index contributed by atoms with van der Waals surface area (Å²) in [6.07, 6.45) is 7.06. The third-order valence-electron chi connectivity index (χ3n) is 5.08. The summed E-state index contributed by atoms with van der Waals surface area (Å²) in [4.78, 5) is 0. The lowest BCUT2D eigenvalue weighted by atomic mass is 9.75. The second kappa shape index (κ2) is 8.40. The van der Waals surface area contributed by atoms with Crippen LogP contribution < -0.4 is 5.32 Å². The fraction of sp³-hybridized carbons (Fsp3) is 0.950. The lowest BCUT2D eigenvalue weighted by Crippen LogP contribution is -2.47. The first-order chi connectivity index (χ1) is 10.9. The van der Waals surface area contributed by atoms with Crippen molar-refractivity contribution in [3.05, 3.63) is 0 Å². The number of hydrogen-bond acceptors (Lipinski definition) is 3. The van der Waals surface area contributed by atoms with Gasteiger partial charge in [-0.15, -0.1) is 0 Å². The van der Waals surface area contributed by atoms with Gasteiger partial charge >= 0.3 is 0 Å². The zero-order valence-electron chi connectivity index (χ0n) is 17.3. The molecule has 1 aliphatic carbocycles. The van der Waals surface area contributed by atoms with Gasteiger partial charge in [-0.3, -0.25) is 0 Å². The largest absolute Gasteiger partial charge is 0.314 e. The van der Waals surface area contributed by atoms with Crippen molar-refractivity contribution in [3.8, 4) is 0 Å². The van der Waals surface area contributed by atoms with Gasteiger partial charge in [-0.1, -0.05) is 54.9 Å². The number of halogens is 1. The number of nitrogens with zero attached hydrogens (tertiary/aromatic N) is 2. The van der Waals surface area contributed by atoms with Gasteiger partial charge in [0.2, 0.25) is 0 Å². The maximum absolute atomic E-state index is 6.71. The van der Waals surface area contributed by atoms with Crippen molar-refractivity contribution >= 4 is 17.5 Å². The lowest BCUT2D eigenvalue weighted by Gasteiger charge is -2.42. The molecule has 3 nitrogen and oxygen atoms in total. The van der Waals surface area contributed by atoms with Gasteiger partial charge in [0.15, 0.2) is 0 Å². The average Bonchev–Trinajstić information content (AvgIpc) is 2.44. The van der Waals surface area contributed by atoms with Crippen LogP contribution in [0.2, 0.25) is 0 Å². The van der Waals surface area contributed by atoms with Crippen molar-refractivity contribution in [3.63, 3.8) is 0 Å². The van der Waals surface area contributed by atoms with Crippen molar-refractivity contribution in [2.75, 3.05) is 6.54 Å². The van der Waals surface area contributed by atoms with Crippen molar-refractivity contribution in [2.24, 2.45) is 15.9 Å². The summed E-state index contributed by atoms with van der Waals surface area (Å²) in [5, 5.41) is 8.60. The number of hydrazone groups is 1. The highest BCUT2D eigenvalue weighted by Crippen LogP contribution is 2.37. The van der Waals surface area contributed by atoms with Crippen LogP contribution in [0.25, 0.3) is 0 Å². The standard InChI is InChI=1S/C20H40ClN3/c1-9-10-15-22-16-11-13-20(8,14-12-16)24(21)23-17(18(2,3)4)19(5,6)7/h16,22H,9-15H2,1-8H3. The van der Waals surface area contributed by atoms with Crippen molar-refractivity contribution < 1.29 is 0 Å². The summed E-state index contributed by atoms with van der Waals surface area (Å²) in [6, 6.07) is 0.642. The molecule has 0 saturated heterocycles. The third-order valence-corrected chi connectivity index (χ3v) is 5.56. The molecule has 1 rings (SSSR count). The molecule has 4 heteroatoms. The minimum absolute atomic E-state index is 0.0145. The lowest BCUT2D eigenvalue weighted by molar-refractivity contribution is 0.136. The van der Waals surface area contributed by atoms with E-state index in [0.717, 1.165) is 25.1 Å². The second-order valence-corrected chi connectivity index (χ2v) is 10.1. The van der Waals surface area contributed by atoms with E-state index < -0.39 is 0 Å². The van der Waals surface area contributed by atoms with Crippen LogP contribution in [0.1, 0.15) is 93.9 Å². The van der Waals surface area contributed by atoms with Crippen LogP contribution in [0, 0.1) is 10.8 Å². The predicted octanol–water partition coefficient (Wildman–Crippen LogP) is 5.98. The number of rotatable bonds is 6. The minimum Gasteiger partial charge on any atom is -0.314 e. The zero-order chi connectivity index (χ0) is 18.6. The molecule has 1 fully saturated rings. The van der Waals surface area contributed by atoms with Gasteiger partial charge in [-0.25, -0.2) is 4.53 Å². The molecule has 0 unspecified atom stereocenters. The van der Waals surface area contributed by atoms with E-state index in [0.29, 0.717) is 6.04 Å². The third kappa shape index (κ3) is 6.22. The molecule has 0 amide bonds. The Morgan fingerprint density at radius 3 is 2.04 bits per heavy atom. The summed E-state index contributed by atoms with van der Waals surface area (Å²) in [6.45, 7) is 19.0. The van der Waals surface area contributed by atoms with E-state index in [9.17, 15) is 0 Å². The van der Waals surface area contributed by atoms with Crippen LogP contribution in [0.4, 0.5) is 0 Å². The fourth-order valence-electron chi connectivity index (χ4n) is 3.74. The van der Waals surface area contributed by atoms with Gasteiger partial charge in [0.25, 0.3) is 0 Å². The van der Waals surface area contributed by atoms with Gasteiger partial charge in [-0.2, -0.15) is 5.10 Å². The number of hydrogen-bond donors (Lipinski definition) is 1. The molecule has 0 spiro atoms. The first-order valence-corrected chi connectivity index (χ1v) is 10.0. The van der Waals surface area contributed by atoms with Crippen LogP contribution in [0.5, 0.6) is 0 Å². The summed E-state index contributed by atoms with van der Waals surface area (Å²) in [5.41, 5.74) is 1.14. The van der Waals surface area contributed by atoms with Crippen molar-refractivity contribution in [2.45, 2.75) is 105 Å². The van der Waals surface area contributed by atoms with E-state index in [2.05, 4.69) is 60.7 Å². The van der Waals surface area contributed by atoms with E-state index in [1.807, 2.05) is 0 Å². The molecule has 1 aliphatic rings. The maximum Gasteiger partial charge on any atom is 0.0729 e. The molecule has 142 valence electrons. The van der Waals surface area contributed by atoms with Crippen molar-refractivity contribution in [1.82, 2.24) is 9.84 Å². The first kappa shape index (κ1) is 21.8. The van der Waals surface area contributed by atoms with E-state index >= 15 is 0 Å². The topological polar surface area (TPSA) is 27.6 Å². The highest BCUT2D eigenvalue weighted by molar-refractivity contribution is 6.14. The van der Waals surface area contributed by atoms with E-state index in [1.54, 1.807) is 4.53 Å². The Morgan fingerprint density at radius 1 is 1.12 bits per heavy atom. The summed E-state index contributed by atoms with van der Waals surface area (Å²) in [5.74, 6) is 0. The monoisotopic (exact) mass is 357 g/mol. The fourth-order valence-corrected chi connectivity index (χ4v) is 3.99. The van der Waals surface area contributed by atoms with E-state index in [4.69, 9.17) is 16.9 Å². The van der Waals surface area contributed by atoms with E-state index in [1.165, 1.54) is 25.7 Å².